The highest BCUT2D eigenvalue weighted by molar-refractivity contribution is 8.01. The summed E-state index contributed by atoms with van der Waals surface area (Å²) in [6.45, 7) is 6.89. The van der Waals surface area contributed by atoms with E-state index >= 15 is 0 Å². The van der Waals surface area contributed by atoms with Crippen LogP contribution in [-0.4, -0.2) is 32.8 Å². The first-order valence-electron chi connectivity index (χ1n) is 7.33. The Morgan fingerprint density at radius 1 is 1.45 bits per heavy atom. The fourth-order valence-corrected chi connectivity index (χ4v) is 4.47. The highest BCUT2D eigenvalue weighted by Crippen LogP contribution is 2.23. The van der Waals surface area contributed by atoms with Crippen LogP contribution < -0.4 is 0 Å². The largest absolute Gasteiger partial charge is 0.336 e. The number of thiophene rings is 1. The van der Waals surface area contributed by atoms with Gasteiger partial charge in [0, 0.05) is 24.8 Å². The van der Waals surface area contributed by atoms with E-state index in [2.05, 4.69) is 40.9 Å². The zero-order chi connectivity index (χ0) is 15.9. The topological polar surface area (TPSA) is 46.1 Å². The minimum atomic E-state index is 0.217. The molecule has 0 saturated carbocycles. The standard InChI is InChI=1S/C15H21N3OS3/c1-4-11(2)18(9-13-5-7-20-10-13)14(19)6-8-21-15-17-16-12(3)22-15/h5,7,10-11H,4,6,8-9H2,1-3H3. The van der Waals surface area contributed by atoms with Crippen molar-refractivity contribution < 1.29 is 4.79 Å². The van der Waals surface area contributed by atoms with E-state index < -0.39 is 0 Å². The number of amides is 1. The molecule has 2 heterocycles. The molecular formula is C15H21N3OS3. The molecule has 4 nitrogen and oxygen atoms in total. The summed E-state index contributed by atoms with van der Waals surface area (Å²) in [5, 5.41) is 13.2. The van der Waals surface area contributed by atoms with Gasteiger partial charge < -0.3 is 4.90 Å². The van der Waals surface area contributed by atoms with Crippen LogP contribution in [0.5, 0.6) is 0 Å². The van der Waals surface area contributed by atoms with Crippen molar-refractivity contribution in [2.45, 2.75) is 50.5 Å². The Morgan fingerprint density at radius 2 is 2.27 bits per heavy atom. The number of rotatable bonds is 8. The molecule has 1 amide bonds. The zero-order valence-electron chi connectivity index (χ0n) is 13.1. The second-order valence-corrected chi connectivity index (χ2v) is 8.40. The maximum absolute atomic E-state index is 12.5. The average Bonchev–Trinajstić information content (AvgIpc) is 3.15. The van der Waals surface area contributed by atoms with Gasteiger partial charge in [0.05, 0.1) is 0 Å². The van der Waals surface area contributed by atoms with Gasteiger partial charge in [0.2, 0.25) is 5.91 Å². The molecule has 0 radical (unpaired) electrons. The van der Waals surface area contributed by atoms with Crippen LogP contribution >= 0.6 is 34.4 Å². The molecule has 2 rings (SSSR count). The van der Waals surface area contributed by atoms with Gasteiger partial charge in [-0.1, -0.05) is 30.0 Å². The highest BCUT2D eigenvalue weighted by atomic mass is 32.2. The van der Waals surface area contributed by atoms with Gasteiger partial charge in [-0.05, 0) is 42.7 Å². The summed E-state index contributed by atoms with van der Waals surface area (Å²) >= 11 is 4.87. The lowest BCUT2D eigenvalue weighted by atomic mass is 10.2. The minimum Gasteiger partial charge on any atom is -0.336 e. The summed E-state index contributed by atoms with van der Waals surface area (Å²) in [6, 6.07) is 2.35. The molecule has 0 saturated heterocycles. The van der Waals surface area contributed by atoms with Gasteiger partial charge >= 0.3 is 0 Å². The van der Waals surface area contributed by atoms with Crippen LogP contribution in [-0.2, 0) is 11.3 Å². The van der Waals surface area contributed by atoms with Gasteiger partial charge in [-0.25, -0.2) is 0 Å². The smallest absolute Gasteiger partial charge is 0.223 e. The molecule has 0 aromatic carbocycles. The maximum atomic E-state index is 12.5. The maximum Gasteiger partial charge on any atom is 0.223 e. The number of nitrogens with zero attached hydrogens (tertiary/aromatic N) is 3. The quantitative estimate of drug-likeness (QED) is 0.665. The van der Waals surface area contributed by atoms with Gasteiger partial charge in [0.15, 0.2) is 4.34 Å². The lowest BCUT2D eigenvalue weighted by molar-refractivity contribution is -0.133. The van der Waals surface area contributed by atoms with Crippen LogP contribution in [0.4, 0.5) is 0 Å². The molecule has 0 aliphatic heterocycles. The van der Waals surface area contributed by atoms with E-state index in [-0.39, 0.29) is 11.9 Å². The van der Waals surface area contributed by atoms with Crippen LogP contribution in [0.15, 0.2) is 21.2 Å². The number of aryl methyl sites for hydroxylation is 1. The molecule has 0 aliphatic carbocycles. The van der Waals surface area contributed by atoms with Gasteiger partial charge in [0.25, 0.3) is 0 Å². The predicted octanol–water partition coefficient (Wildman–Crippen LogP) is 4.22. The zero-order valence-corrected chi connectivity index (χ0v) is 15.6. The van der Waals surface area contributed by atoms with Crippen LogP contribution in [0.3, 0.4) is 0 Å². The number of aromatic nitrogens is 2. The number of carbonyl (C=O) groups excluding carboxylic acids is 1. The number of hydrogen-bond donors (Lipinski definition) is 0. The number of carbonyl (C=O) groups is 1. The summed E-state index contributed by atoms with van der Waals surface area (Å²) in [7, 11) is 0. The summed E-state index contributed by atoms with van der Waals surface area (Å²) < 4.78 is 0.943. The third-order valence-electron chi connectivity index (χ3n) is 3.43. The van der Waals surface area contributed by atoms with Crippen molar-refractivity contribution in [2.24, 2.45) is 0 Å². The molecule has 2 aromatic heterocycles. The first-order valence-corrected chi connectivity index (χ1v) is 10.1. The van der Waals surface area contributed by atoms with E-state index in [4.69, 9.17) is 0 Å². The number of hydrogen-bond acceptors (Lipinski definition) is 6. The summed E-state index contributed by atoms with van der Waals surface area (Å²) in [6.07, 6.45) is 1.51. The summed E-state index contributed by atoms with van der Waals surface area (Å²) in [5.74, 6) is 0.971. The van der Waals surface area contributed by atoms with Crippen LogP contribution in [0.1, 0.15) is 37.3 Å². The van der Waals surface area contributed by atoms with Crippen LogP contribution in [0, 0.1) is 6.92 Å². The first-order chi connectivity index (χ1) is 10.6. The lowest BCUT2D eigenvalue weighted by Crippen LogP contribution is -2.37. The third-order valence-corrected chi connectivity index (χ3v) is 6.13. The van der Waals surface area contributed by atoms with Crippen molar-refractivity contribution in [1.29, 1.82) is 0 Å². The third kappa shape index (κ3) is 5.07. The van der Waals surface area contributed by atoms with Gasteiger partial charge in [-0.2, -0.15) is 11.3 Å². The van der Waals surface area contributed by atoms with Crippen LogP contribution in [0.2, 0.25) is 0 Å². The second kappa shape index (κ2) is 8.64. The van der Waals surface area contributed by atoms with Crippen molar-refractivity contribution in [2.75, 3.05) is 5.75 Å². The van der Waals surface area contributed by atoms with E-state index in [0.717, 1.165) is 21.5 Å². The van der Waals surface area contributed by atoms with E-state index in [1.165, 1.54) is 5.56 Å². The van der Waals surface area contributed by atoms with Gasteiger partial charge in [-0.15, -0.1) is 10.2 Å². The Balaban J connectivity index is 1.87. The Hall–Kier alpha value is -0.920. The molecule has 1 unspecified atom stereocenters. The predicted molar refractivity (Wildman–Crippen MR) is 94.6 cm³/mol. The van der Waals surface area contributed by atoms with Crippen molar-refractivity contribution in [3.05, 3.63) is 27.4 Å². The van der Waals surface area contributed by atoms with E-state index in [9.17, 15) is 4.79 Å². The van der Waals surface area contributed by atoms with E-state index in [0.29, 0.717) is 13.0 Å². The summed E-state index contributed by atoms with van der Waals surface area (Å²) in [4.78, 5) is 14.5. The molecule has 0 bridgehead atoms. The molecule has 120 valence electrons. The first kappa shape index (κ1) is 17.4. The van der Waals surface area contributed by atoms with Crippen molar-refractivity contribution in [3.8, 4) is 0 Å². The average molecular weight is 356 g/mol. The SMILES string of the molecule is CCC(C)N(Cc1ccsc1)C(=O)CCSc1nnc(C)s1. The van der Waals surface area contributed by atoms with Crippen molar-refractivity contribution in [3.63, 3.8) is 0 Å². The molecule has 22 heavy (non-hydrogen) atoms. The van der Waals surface area contributed by atoms with Gasteiger partial charge in [0.1, 0.15) is 5.01 Å². The molecule has 0 spiro atoms. The molecule has 0 aliphatic rings. The second-order valence-electron chi connectivity index (χ2n) is 5.10. The van der Waals surface area contributed by atoms with Gasteiger partial charge in [-0.3, -0.25) is 4.79 Å². The molecule has 7 heteroatoms. The Morgan fingerprint density at radius 3 is 2.86 bits per heavy atom. The fraction of sp³-hybridized carbons (Fsp3) is 0.533. The molecule has 1 atom stereocenters. The van der Waals surface area contributed by atoms with E-state index in [1.807, 2.05) is 11.8 Å². The Kier molecular flexibility index (Phi) is 6.85. The molecular weight excluding hydrogens is 334 g/mol. The van der Waals surface area contributed by atoms with Crippen molar-refractivity contribution >= 4 is 40.3 Å². The minimum absolute atomic E-state index is 0.217. The normalized spacial score (nSPS) is 12.3. The fourth-order valence-electron chi connectivity index (χ4n) is 2.00. The van der Waals surface area contributed by atoms with Crippen molar-refractivity contribution in [1.82, 2.24) is 15.1 Å². The number of thioether (sulfide) groups is 1. The highest BCUT2D eigenvalue weighted by Gasteiger charge is 2.19. The Labute approximate surface area is 144 Å². The molecule has 2 aromatic rings. The molecule has 0 N–H and O–H groups in total. The lowest BCUT2D eigenvalue weighted by Gasteiger charge is -2.28. The van der Waals surface area contributed by atoms with Crippen LogP contribution in [0.25, 0.3) is 0 Å². The monoisotopic (exact) mass is 355 g/mol. The Bertz CT molecular complexity index is 583. The summed E-state index contributed by atoms with van der Waals surface area (Å²) in [5.41, 5.74) is 1.21. The van der Waals surface area contributed by atoms with E-state index in [1.54, 1.807) is 34.4 Å². The molecule has 0 fully saturated rings.